The fraction of sp³-hybridized carbons (Fsp3) is 0.333. The molecule has 2 N–H and O–H groups in total. The number of nitrogens with one attached hydrogen (secondary N) is 1. The van der Waals surface area contributed by atoms with Crippen LogP contribution in [-0.2, 0) is 0 Å². The molecule has 4 nitrogen and oxygen atoms in total. The molecule has 0 bridgehead atoms. The molecule has 1 unspecified atom stereocenters. The first-order chi connectivity index (χ1) is 10.1. The lowest BCUT2D eigenvalue weighted by molar-refractivity contribution is 0.103. The van der Waals surface area contributed by atoms with Gasteiger partial charge in [0.05, 0.1) is 22.4 Å². The van der Waals surface area contributed by atoms with Crippen LogP contribution >= 0.6 is 23.2 Å². The second kappa shape index (κ2) is 7.71. The van der Waals surface area contributed by atoms with Gasteiger partial charge in [-0.15, -0.1) is 0 Å². The van der Waals surface area contributed by atoms with Gasteiger partial charge in [0.2, 0.25) is 0 Å². The van der Waals surface area contributed by atoms with E-state index in [9.17, 15) is 5.11 Å². The van der Waals surface area contributed by atoms with E-state index in [1.165, 1.54) is 0 Å². The Bertz CT molecular complexity index is 540. The van der Waals surface area contributed by atoms with Crippen molar-refractivity contribution in [2.75, 3.05) is 13.2 Å². The molecule has 0 aliphatic heterocycles. The minimum Gasteiger partial charge on any atom is -0.488 e. The standard InChI is InChI=1S/C15H17Cl2NO3/c1-10(14-6-3-7-20-14)18-8-11(19)9-21-15-12(16)4-2-5-13(15)17/h2-7,10-11,18-19H,8-9H2,1H3/t10-,11?/m0/s1. The number of aliphatic hydroxyl groups is 1. The number of rotatable bonds is 7. The number of ether oxygens (including phenoxy) is 1. The fourth-order valence-electron chi connectivity index (χ4n) is 1.81. The molecule has 0 aliphatic rings. The Labute approximate surface area is 133 Å². The number of hydrogen-bond acceptors (Lipinski definition) is 4. The summed E-state index contributed by atoms with van der Waals surface area (Å²) in [4.78, 5) is 0. The molecule has 0 amide bonds. The Morgan fingerprint density at radius 2 is 1.95 bits per heavy atom. The van der Waals surface area contributed by atoms with Crippen LogP contribution in [0.5, 0.6) is 5.75 Å². The highest BCUT2D eigenvalue weighted by Gasteiger charge is 2.13. The number of aliphatic hydroxyl groups excluding tert-OH is 1. The summed E-state index contributed by atoms with van der Waals surface area (Å²) in [6, 6.07) is 8.83. The average molecular weight is 330 g/mol. The predicted molar refractivity (Wildman–Crippen MR) is 83.1 cm³/mol. The van der Waals surface area contributed by atoms with Crippen LogP contribution in [0.1, 0.15) is 18.7 Å². The van der Waals surface area contributed by atoms with E-state index in [-0.39, 0.29) is 12.6 Å². The summed E-state index contributed by atoms with van der Waals surface area (Å²) in [7, 11) is 0. The Kier molecular flexibility index (Phi) is 5.94. The highest BCUT2D eigenvalue weighted by molar-refractivity contribution is 6.37. The molecule has 0 aliphatic carbocycles. The number of hydrogen-bond donors (Lipinski definition) is 2. The normalized spacial score (nSPS) is 13.9. The first kappa shape index (κ1) is 16.2. The largest absolute Gasteiger partial charge is 0.488 e. The Morgan fingerprint density at radius 1 is 1.24 bits per heavy atom. The van der Waals surface area contributed by atoms with Crippen LogP contribution < -0.4 is 10.1 Å². The van der Waals surface area contributed by atoms with E-state index < -0.39 is 6.10 Å². The molecule has 0 radical (unpaired) electrons. The summed E-state index contributed by atoms with van der Waals surface area (Å²) in [6.45, 7) is 2.42. The molecule has 0 saturated heterocycles. The topological polar surface area (TPSA) is 54.6 Å². The molecule has 0 spiro atoms. The van der Waals surface area contributed by atoms with Crippen LogP contribution in [-0.4, -0.2) is 24.4 Å². The van der Waals surface area contributed by atoms with Crippen molar-refractivity contribution in [1.29, 1.82) is 0 Å². The van der Waals surface area contributed by atoms with Gasteiger partial charge in [0.25, 0.3) is 0 Å². The third-order valence-corrected chi connectivity index (χ3v) is 3.56. The third kappa shape index (κ3) is 4.64. The minimum atomic E-state index is -0.685. The summed E-state index contributed by atoms with van der Waals surface area (Å²) in [5, 5.41) is 13.9. The van der Waals surface area contributed by atoms with Gasteiger partial charge in [0.1, 0.15) is 18.5 Å². The lowest BCUT2D eigenvalue weighted by atomic mass is 10.2. The quantitative estimate of drug-likeness (QED) is 0.813. The average Bonchev–Trinajstić information content (AvgIpc) is 2.98. The molecule has 1 heterocycles. The first-order valence-electron chi connectivity index (χ1n) is 6.59. The zero-order valence-corrected chi connectivity index (χ0v) is 13.1. The SMILES string of the molecule is C[C@H](NCC(O)COc1c(Cl)cccc1Cl)c1ccco1. The van der Waals surface area contributed by atoms with Crippen molar-refractivity contribution in [1.82, 2.24) is 5.32 Å². The Balaban J connectivity index is 1.78. The zero-order chi connectivity index (χ0) is 15.2. The van der Waals surface area contributed by atoms with Crippen molar-refractivity contribution in [3.05, 3.63) is 52.4 Å². The zero-order valence-electron chi connectivity index (χ0n) is 11.6. The molecular formula is C15H17Cl2NO3. The number of benzene rings is 1. The lowest BCUT2D eigenvalue weighted by Crippen LogP contribution is -2.33. The Hall–Kier alpha value is -1.20. The van der Waals surface area contributed by atoms with E-state index in [1.807, 2.05) is 19.1 Å². The molecular weight excluding hydrogens is 313 g/mol. The monoisotopic (exact) mass is 329 g/mol. The second-order valence-corrected chi connectivity index (χ2v) is 5.48. The highest BCUT2D eigenvalue weighted by atomic mass is 35.5. The van der Waals surface area contributed by atoms with Crippen LogP contribution in [0.25, 0.3) is 0 Å². The summed E-state index contributed by atoms with van der Waals surface area (Å²) in [5.74, 6) is 1.20. The summed E-state index contributed by atoms with van der Waals surface area (Å²) < 4.78 is 10.8. The van der Waals surface area contributed by atoms with Crippen molar-refractivity contribution >= 4 is 23.2 Å². The number of para-hydroxylation sites is 1. The van der Waals surface area contributed by atoms with Crippen LogP contribution in [0, 0.1) is 0 Å². The van der Waals surface area contributed by atoms with Crippen molar-refractivity contribution in [3.63, 3.8) is 0 Å². The second-order valence-electron chi connectivity index (χ2n) is 4.66. The highest BCUT2D eigenvalue weighted by Crippen LogP contribution is 2.32. The predicted octanol–water partition coefficient (Wildman–Crippen LogP) is 3.68. The van der Waals surface area contributed by atoms with Gasteiger partial charge < -0.3 is 19.6 Å². The minimum absolute atomic E-state index is 0.0125. The molecule has 2 rings (SSSR count). The van der Waals surface area contributed by atoms with Gasteiger partial charge in [-0.2, -0.15) is 0 Å². The van der Waals surface area contributed by atoms with Crippen LogP contribution in [0.2, 0.25) is 10.0 Å². The molecule has 2 aromatic rings. The van der Waals surface area contributed by atoms with Crippen molar-refractivity contribution in [2.45, 2.75) is 19.1 Å². The van der Waals surface area contributed by atoms with E-state index in [0.717, 1.165) is 5.76 Å². The van der Waals surface area contributed by atoms with E-state index in [1.54, 1.807) is 24.5 Å². The van der Waals surface area contributed by atoms with Gasteiger partial charge in [-0.25, -0.2) is 0 Å². The molecule has 2 atom stereocenters. The summed E-state index contributed by atoms with van der Waals surface area (Å²) >= 11 is 12.0. The maximum Gasteiger partial charge on any atom is 0.156 e. The van der Waals surface area contributed by atoms with Crippen LogP contribution in [0.15, 0.2) is 41.0 Å². The number of furan rings is 1. The van der Waals surface area contributed by atoms with Gasteiger partial charge in [-0.1, -0.05) is 29.3 Å². The Morgan fingerprint density at radius 3 is 2.57 bits per heavy atom. The molecule has 0 saturated carbocycles. The molecule has 1 aromatic carbocycles. The smallest absolute Gasteiger partial charge is 0.156 e. The van der Waals surface area contributed by atoms with Crippen molar-refractivity contribution in [3.8, 4) is 5.75 Å². The van der Waals surface area contributed by atoms with E-state index in [2.05, 4.69) is 5.32 Å². The van der Waals surface area contributed by atoms with E-state index >= 15 is 0 Å². The van der Waals surface area contributed by atoms with Crippen LogP contribution in [0.4, 0.5) is 0 Å². The van der Waals surface area contributed by atoms with Crippen molar-refractivity contribution < 1.29 is 14.3 Å². The summed E-state index contributed by atoms with van der Waals surface area (Å²) in [5.41, 5.74) is 0. The lowest BCUT2D eigenvalue weighted by Gasteiger charge is -2.17. The van der Waals surface area contributed by atoms with Gasteiger partial charge in [0, 0.05) is 6.54 Å². The molecule has 0 fully saturated rings. The molecule has 6 heteroatoms. The maximum atomic E-state index is 9.93. The molecule has 1 aromatic heterocycles. The first-order valence-corrected chi connectivity index (χ1v) is 7.35. The molecule has 21 heavy (non-hydrogen) atoms. The van der Waals surface area contributed by atoms with Crippen molar-refractivity contribution in [2.24, 2.45) is 0 Å². The van der Waals surface area contributed by atoms with Gasteiger partial charge in [-0.3, -0.25) is 0 Å². The fourth-order valence-corrected chi connectivity index (χ4v) is 2.32. The number of halogens is 2. The summed E-state index contributed by atoms with van der Waals surface area (Å²) in [6.07, 6.45) is 0.932. The van der Waals surface area contributed by atoms with Crippen LogP contribution in [0.3, 0.4) is 0 Å². The van der Waals surface area contributed by atoms with E-state index in [0.29, 0.717) is 22.3 Å². The van der Waals surface area contributed by atoms with Gasteiger partial charge >= 0.3 is 0 Å². The van der Waals surface area contributed by atoms with Gasteiger partial charge in [-0.05, 0) is 31.2 Å². The third-order valence-electron chi connectivity index (χ3n) is 2.97. The maximum absolute atomic E-state index is 9.93. The van der Waals surface area contributed by atoms with E-state index in [4.69, 9.17) is 32.4 Å². The molecule has 114 valence electrons. The van der Waals surface area contributed by atoms with Gasteiger partial charge in [0.15, 0.2) is 5.75 Å².